The first-order valence-corrected chi connectivity index (χ1v) is 13.0. The van der Waals surface area contributed by atoms with Crippen LogP contribution in [0, 0.1) is 11.7 Å². The zero-order valence-electron chi connectivity index (χ0n) is 21.3. The molecule has 2 aliphatic heterocycles. The SMILES string of the molecule is CCCCN1C(=O)CCC(C(=O)NCC2(c3cccc(F)c3)CCOCC2)C1c1ccccc1OC. The number of carbonyl (C=O) groups is 2. The Morgan fingerprint density at radius 1 is 1.19 bits per heavy atom. The summed E-state index contributed by atoms with van der Waals surface area (Å²) >= 11 is 0. The van der Waals surface area contributed by atoms with Crippen LogP contribution < -0.4 is 10.1 Å². The minimum atomic E-state index is -0.403. The normalized spacial score (nSPS) is 21.8. The zero-order chi connectivity index (χ0) is 25.5. The molecule has 1 N–H and O–H groups in total. The summed E-state index contributed by atoms with van der Waals surface area (Å²) < 4.78 is 25.3. The van der Waals surface area contributed by atoms with Crippen LogP contribution >= 0.6 is 0 Å². The van der Waals surface area contributed by atoms with Crippen molar-refractivity contribution in [1.29, 1.82) is 0 Å². The first kappa shape index (κ1) is 26.1. The van der Waals surface area contributed by atoms with E-state index in [1.54, 1.807) is 19.2 Å². The van der Waals surface area contributed by atoms with Gasteiger partial charge in [-0.2, -0.15) is 0 Å². The first-order chi connectivity index (χ1) is 17.5. The van der Waals surface area contributed by atoms with Gasteiger partial charge in [-0.05, 0) is 49.4 Å². The number of piperidine rings is 1. The average Bonchev–Trinajstić information content (AvgIpc) is 2.91. The number of carbonyl (C=O) groups excluding carboxylic acids is 2. The summed E-state index contributed by atoms with van der Waals surface area (Å²) in [5.74, 6) is -0.0121. The molecule has 0 aromatic heterocycles. The second-order valence-corrected chi connectivity index (χ2v) is 9.89. The highest BCUT2D eigenvalue weighted by Crippen LogP contribution is 2.41. The largest absolute Gasteiger partial charge is 0.496 e. The third kappa shape index (κ3) is 5.56. The van der Waals surface area contributed by atoms with Crippen molar-refractivity contribution in [2.24, 2.45) is 5.92 Å². The lowest BCUT2D eigenvalue weighted by molar-refractivity contribution is -0.143. The molecule has 6 nitrogen and oxygen atoms in total. The summed E-state index contributed by atoms with van der Waals surface area (Å²) in [6.45, 7) is 4.23. The summed E-state index contributed by atoms with van der Waals surface area (Å²) in [5.41, 5.74) is 1.36. The van der Waals surface area contributed by atoms with E-state index in [4.69, 9.17) is 9.47 Å². The lowest BCUT2D eigenvalue weighted by Gasteiger charge is -2.42. The molecule has 2 aliphatic rings. The van der Waals surface area contributed by atoms with Gasteiger partial charge in [-0.25, -0.2) is 4.39 Å². The van der Waals surface area contributed by atoms with E-state index in [0.29, 0.717) is 57.7 Å². The summed E-state index contributed by atoms with van der Waals surface area (Å²) in [7, 11) is 1.61. The van der Waals surface area contributed by atoms with Crippen molar-refractivity contribution in [2.45, 2.75) is 56.9 Å². The molecule has 2 atom stereocenters. The molecular weight excluding hydrogens is 459 g/mol. The molecule has 0 aliphatic carbocycles. The van der Waals surface area contributed by atoms with Crippen molar-refractivity contribution in [3.63, 3.8) is 0 Å². The Morgan fingerprint density at radius 3 is 2.69 bits per heavy atom. The number of rotatable bonds is 9. The van der Waals surface area contributed by atoms with Gasteiger partial charge in [-0.1, -0.05) is 43.7 Å². The van der Waals surface area contributed by atoms with Crippen LogP contribution in [0.25, 0.3) is 0 Å². The number of unbranched alkanes of at least 4 members (excludes halogenated alkanes) is 1. The molecule has 7 heteroatoms. The maximum absolute atomic E-state index is 14.1. The van der Waals surface area contributed by atoms with Gasteiger partial charge >= 0.3 is 0 Å². The predicted octanol–water partition coefficient (Wildman–Crippen LogP) is 4.78. The predicted molar refractivity (Wildman–Crippen MR) is 136 cm³/mol. The lowest BCUT2D eigenvalue weighted by atomic mass is 9.73. The quantitative estimate of drug-likeness (QED) is 0.543. The number of nitrogens with zero attached hydrogens (tertiary/aromatic N) is 1. The molecule has 4 rings (SSSR count). The van der Waals surface area contributed by atoms with Gasteiger partial charge in [0.2, 0.25) is 11.8 Å². The number of amides is 2. The number of likely N-dealkylation sites (tertiary alicyclic amines) is 1. The van der Waals surface area contributed by atoms with Crippen molar-refractivity contribution in [2.75, 3.05) is 33.4 Å². The molecule has 2 aromatic rings. The molecule has 2 amide bonds. The second-order valence-electron chi connectivity index (χ2n) is 9.89. The lowest BCUT2D eigenvalue weighted by Crippen LogP contribution is -2.51. The van der Waals surface area contributed by atoms with Gasteiger partial charge in [0.1, 0.15) is 11.6 Å². The van der Waals surface area contributed by atoms with Gasteiger partial charge in [0.25, 0.3) is 0 Å². The van der Waals surface area contributed by atoms with E-state index < -0.39 is 12.0 Å². The Labute approximate surface area is 213 Å². The molecule has 0 saturated carbocycles. The van der Waals surface area contributed by atoms with Crippen molar-refractivity contribution in [3.8, 4) is 5.75 Å². The molecule has 0 bridgehead atoms. The van der Waals surface area contributed by atoms with Crippen LogP contribution in [-0.4, -0.2) is 50.1 Å². The third-order valence-electron chi connectivity index (χ3n) is 7.74. The Bertz CT molecular complexity index is 1050. The number of halogens is 1. The smallest absolute Gasteiger partial charge is 0.225 e. The van der Waals surface area contributed by atoms with Crippen LogP contribution in [0.5, 0.6) is 5.75 Å². The molecule has 0 spiro atoms. The molecule has 2 saturated heterocycles. The maximum atomic E-state index is 14.1. The maximum Gasteiger partial charge on any atom is 0.225 e. The van der Waals surface area contributed by atoms with E-state index in [-0.39, 0.29) is 23.0 Å². The molecule has 0 radical (unpaired) electrons. The summed E-state index contributed by atoms with van der Waals surface area (Å²) in [6, 6.07) is 13.9. The van der Waals surface area contributed by atoms with Gasteiger partial charge in [-0.3, -0.25) is 9.59 Å². The Balaban J connectivity index is 1.61. The van der Waals surface area contributed by atoms with Crippen molar-refractivity contribution in [3.05, 3.63) is 65.5 Å². The van der Waals surface area contributed by atoms with Crippen LogP contribution in [0.1, 0.15) is 62.6 Å². The number of para-hydroxylation sites is 1. The van der Waals surface area contributed by atoms with Gasteiger partial charge in [-0.15, -0.1) is 0 Å². The third-order valence-corrected chi connectivity index (χ3v) is 7.74. The zero-order valence-corrected chi connectivity index (χ0v) is 21.3. The highest BCUT2D eigenvalue weighted by atomic mass is 19.1. The number of benzene rings is 2. The van der Waals surface area contributed by atoms with E-state index in [0.717, 1.165) is 24.0 Å². The minimum Gasteiger partial charge on any atom is -0.496 e. The van der Waals surface area contributed by atoms with Crippen LogP contribution in [0.3, 0.4) is 0 Å². The summed E-state index contributed by atoms with van der Waals surface area (Å²) in [4.78, 5) is 28.7. The molecular formula is C29H37FN2O4. The monoisotopic (exact) mass is 496 g/mol. The van der Waals surface area contributed by atoms with E-state index in [1.165, 1.54) is 6.07 Å². The van der Waals surface area contributed by atoms with Gasteiger partial charge in [0.15, 0.2) is 0 Å². The summed E-state index contributed by atoms with van der Waals surface area (Å²) in [5, 5.41) is 3.21. The summed E-state index contributed by atoms with van der Waals surface area (Å²) in [6.07, 6.45) is 4.06. The first-order valence-electron chi connectivity index (χ1n) is 13.0. The average molecular weight is 497 g/mol. The minimum absolute atomic E-state index is 0.0732. The Hall–Kier alpha value is -2.93. The Morgan fingerprint density at radius 2 is 1.97 bits per heavy atom. The topological polar surface area (TPSA) is 67.9 Å². The van der Waals surface area contributed by atoms with Crippen LogP contribution in [0.2, 0.25) is 0 Å². The fourth-order valence-electron chi connectivity index (χ4n) is 5.65. The molecule has 36 heavy (non-hydrogen) atoms. The fraction of sp³-hybridized carbons (Fsp3) is 0.517. The van der Waals surface area contributed by atoms with E-state index in [2.05, 4.69) is 12.2 Å². The van der Waals surface area contributed by atoms with E-state index >= 15 is 0 Å². The van der Waals surface area contributed by atoms with Crippen molar-refractivity contribution < 1.29 is 23.5 Å². The van der Waals surface area contributed by atoms with E-state index in [1.807, 2.05) is 35.2 Å². The number of hydrogen-bond donors (Lipinski definition) is 1. The van der Waals surface area contributed by atoms with Crippen LogP contribution in [-0.2, 0) is 19.7 Å². The molecule has 2 unspecified atom stereocenters. The van der Waals surface area contributed by atoms with Crippen LogP contribution in [0.15, 0.2) is 48.5 Å². The molecule has 2 aromatic carbocycles. The standard InChI is InChI=1S/C29H37FN2O4/c1-3-4-16-32-26(33)13-12-24(27(32)23-10-5-6-11-25(23)35-2)28(34)31-20-29(14-17-36-18-15-29)21-8-7-9-22(30)19-21/h5-11,19,24,27H,3-4,12-18,20H2,1-2H3,(H,31,34). The van der Waals surface area contributed by atoms with Crippen LogP contribution in [0.4, 0.5) is 4.39 Å². The second kappa shape index (κ2) is 11.9. The molecule has 194 valence electrons. The highest BCUT2D eigenvalue weighted by molar-refractivity contribution is 5.85. The van der Waals surface area contributed by atoms with Crippen molar-refractivity contribution in [1.82, 2.24) is 10.2 Å². The fourth-order valence-corrected chi connectivity index (χ4v) is 5.65. The molecule has 2 heterocycles. The number of hydrogen-bond acceptors (Lipinski definition) is 4. The Kier molecular flexibility index (Phi) is 8.62. The number of nitrogens with one attached hydrogen (secondary N) is 1. The number of ether oxygens (including phenoxy) is 2. The van der Waals surface area contributed by atoms with Gasteiger partial charge < -0.3 is 19.7 Å². The van der Waals surface area contributed by atoms with Gasteiger partial charge in [0.05, 0.1) is 19.1 Å². The van der Waals surface area contributed by atoms with E-state index in [9.17, 15) is 14.0 Å². The van der Waals surface area contributed by atoms with Crippen molar-refractivity contribution >= 4 is 11.8 Å². The molecule has 2 fully saturated rings. The van der Waals surface area contributed by atoms with Gasteiger partial charge in [0, 0.05) is 43.7 Å². The number of methoxy groups -OCH3 is 1. The highest BCUT2D eigenvalue weighted by Gasteiger charge is 2.43.